The van der Waals surface area contributed by atoms with Gasteiger partial charge < -0.3 is 14.8 Å². The summed E-state index contributed by atoms with van der Waals surface area (Å²) in [5.41, 5.74) is 4.48. The molecule has 0 spiro atoms. The largest absolute Gasteiger partial charge is 0.512 e. The highest BCUT2D eigenvalue weighted by Crippen LogP contribution is 2.42. The second-order valence-corrected chi connectivity index (χ2v) is 6.66. The molecule has 2 heterocycles. The van der Waals surface area contributed by atoms with Crippen molar-refractivity contribution in [1.29, 1.82) is 0 Å². The summed E-state index contributed by atoms with van der Waals surface area (Å²) < 4.78 is 2.12. The molecule has 0 bridgehead atoms. The lowest BCUT2D eigenvalue weighted by molar-refractivity contribution is -0.142. The van der Waals surface area contributed by atoms with Crippen LogP contribution in [0, 0.1) is 5.92 Å². The molecule has 5 heteroatoms. The van der Waals surface area contributed by atoms with Crippen LogP contribution in [0.1, 0.15) is 43.7 Å². The summed E-state index contributed by atoms with van der Waals surface area (Å²) in [5.74, 6) is -0.574. The number of aliphatic carboxylic acids is 1. The number of hydrogen-bond acceptors (Lipinski definition) is 3. The fraction of sp³-hybridized carbons (Fsp3) is 0.368. The van der Waals surface area contributed by atoms with Gasteiger partial charge in [-0.1, -0.05) is 24.3 Å². The number of fused-ring (bicyclic) bond motifs is 3. The molecule has 124 valence electrons. The molecule has 1 aliphatic heterocycles. The van der Waals surface area contributed by atoms with Crippen LogP contribution in [0.3, 0.4) is 0 Å². The van der Waals surface area contributed by atoms with Gasteiger partial charge in [0.25, 0.3) is 0 Å². The number of benzene rings is 1. The van der Waals surface area contributed by atoms with E-state index in [0.717, 1.165) is 11.3 Å². The SMILES string of the molecule is O=C(O)C1CCC(=C(O)CC2c3ccccc3-c3cncn32)CC1. The van der Waals surface area contributed by atoms with Gasteiger partial charge in [0, 0.05) is 12.0 Å². The smallest absolute Gasteiger partial charge is 0.306 e. The molecule has 2 N–H and O–H groups in total. The summed E-state index contributed by atoms with van der Waals surface area (Å²) in [6.07, 6.45) is 6.80. The van der Waals surface area contributed by atoms with Crippen LogP contribution in [0.5, 0.6) is 0 Å². The summed E-state index contributed by atoms with van der Waals surface area (Å²) >= 11 is 0. The molecule has 0 radical (unpaired) electrons. The van der Waals surface area contributed by atoms with Crippen LogP contribution in [0.15, 0.2) is 48.1 Å². The second-order valence-electron chi connectivity index (χ2n) is 6.66. The molecule has 1 fully saturated rings. The summed E-state index contributed by atoms with van der Waals surface area (Å²) in [7, 11) is 0. The molecular formula is C19H20N2O3. The van der Waals surface area contributed by atoms with Crippen LogP contribution in [0.4, 0.5) is 0 Å². The summed E-state index contributed by atoms with van der Waals surface area (Å²) in [6, 6.07) is 8.29. The molecule has 5 nitrogen and oxygen atoms in total. The lowest BCUT2D eigenvalue weighted by Crippen LogP contribution is -2.18. The topological polar surface area (TPSA) is 75.3 Å². The van der Waals surface area contributed by atoms with Gasteiger partial charge in [-0.25, -0.2) is 4.98 Å². The summed E-state index contributed by atoms with van der Waals surface area (Å²) in [4.78, 5) is 15.3. The Balaban J connectivity index is 1.58. The van der Waals surface area contributed by atoms with E-state index >= 15 is 0 Å². The lowest BCUT2D eigenvalue weighted by atomic mass is 9.84. The Hall–Kier alpha value is -2.56. The second kappa shape index (κ2) is 5.82. The van der Waals surface area contributed by atoms with Crippen molar-refractivity contribution in [3.05, 3.63) is 53.7 Å². The van der Waals surface area contributed by atoms with E-state index in [1.165, 1.54) is 11.1 Å². The zero-order chi connectivity index (χ0) is 16.7. The van der Waals surface area contributed by atoms with Crippen molar-refractivity contribution in [3.8, 4) is 11.3 Å². The van der Waals surface area contributed by atoms with Gasteiger partial charge in [-0.15, -0.1) is 0 Å². The molecule has 24 heavy (non-hydrogen) atoms. The molecule has 1 saturated carbocycles. The molecular weight excluding hydrogens is 304 g/mol. The first-order valence-electron chi connectivity index (χ1n) is 8.39. The number of imidazole rings is 1. The highest BCUT2D eigenvalue weighted by Gasteiger charge is 2.30. The van der Waals surface area contributed by atoms with Crippen LogP contribution < -0.4 is 0 Å². The number of aliphatic hydroxyl groups excluding tert-OH is 1. The molecule has 1 unspecified atom stereocenters. The van der Waals surface area contributed by atoms with Crippen LogP contribution in [-0.2, 0) is 4.79 Å². The molecule has 1 aromatic carbocycles. The Labute approximate surface area is 140 Å². The molecule has 1 aliphatic carbocycles. The first-order valence-corrected chi connectivity index (χ1v) is 8.39. The minimum absolute atomic E-state index is 0.0587. The predicted molar refractivity (Wildman–Crippen MR) is 89.7 cm³/mol. The third kappa shape index (κ3) is 2.40. The van der Waals surface area contributed by atoms with Gasteiger partial charge in [0.2, 0.25) is 0 Å². The van der Waals surface area contributed by atoms with Crippen LogP contribution >= 0.6 is 0 Å². The van der Waals surface area contributed by atoms with Gasteiger partial charge >= 0.3 is 5.97 Å². The number of carboxylic acids is 1. The van der Waals surface area contributed by atoms with Gasteiger partial charge in [-0.3, -0.25) is 4.79 Å². The third-order valence-corrected chi connectivity index (χ3v) is 5.33. The summed E-state index contributed by atoms with van der Waals surface area (Å²) in [5, 5.41) is 19.7. The molecule has 2 aliphatic rings. The van der Waals surface area contributed by atoms with Crippen molar-refractivity contribution >= 4 is 5.97 Å². The Morgan fingerprint density at radius 2 is 1.96 bits per heavy atom. The fourth-order valence-electron chi connectivity index (χ4n) is 3.97. The van der Waals surface area contributed by atoms with Gasteiger partial charge in [0.15, 0.2) is 0 Å². The zero-order valence-corrected chi connectivity index (χ0v) is 13.4. The first kappa shape index (κ1) is 15.0. The highest BCUT2D eigenvalue weighted by molar-refractivity contribution is 5.70. The Kier molecular flexibility index (Phi) is 3.63. The Morgan fingerprint density at radius 1 is 1.21 bits per heavy atom. The average molecular weight is 324 g/mol. The fourth-order valence-corrected chi connectivity index (χ4v) is 3.97. The van der Waals surface area contributed by atoms with Crippen molar-refractivity contribution in [3.63, 3.8) is 0 Å². The van der Waals surface area contributed by atoms with E-state index in [4.69, 9.17) is 5.11 Å². The van der Waals surface area contributed by atoms with Crippen molar-refractivity contribution in [2.45, 2.75) is 38.1 Å². The summed E-state index contributed by atoms with van der Waals surface area (Å²) in [6.45, 7) is 0. The standard InChI is InChI=1S/C19H20N2O3/c22-18(12-5-7-13(8-6-12)19(23)24)9-16-14-3-1-2-4-15(14)17-10-20-11-21(16)17/h1-4,10-11,13,16,22H,5-9H2,(H,23,24). The Morgan fingerprint density at radius 3 is 2.71 bits per heavy atom. The van der Waals surface area contributed by atoms with E-state index in [9.17, 15) is 9.90 Å². The number of hydrogen-bond donors (Lipinski definition) is 2. The zero-order valence-electron chi connectivity index (χ0n) is 13.4. The van der Waals surface area contributed by atoms with Gasteiger partial charge in [-0.2, -0.15) is 0 Å². The molecule has 0 saturated heterocycles. The minimum Gasteiger partial charge on any atom is -0.512 e. The molecule has 1 aromatic heterocycles. The van der Waals surface area contributed by atoms with E-state index in [1.54, 1.807) is 0 Å². The maximum atomic E-state index is 11.1. The molecule has 0 amide bonds. The average Bonchev–Trinajstić information content (AvgIpc) is 3.18. The highest BCUT2D eigenvalue weighted by atomic mass is 16.4. The van der Waals surface area contributed by atoms with E-state index < -0.39 is 5.97 Å². The number of aliphatic hydroxyl groups is 1. The van der Waals surface area contributed by atoms with Gasteiger partial charge in [0.05, 0.1) is 35.9 Å². The van der Waals surface area contributed by atoms with Gasteiger partial charge in [0.1, 0.15) is 0 Å². The number of allylic oxidation sites excluding steroid dienone is 2. The van der Waals surface area contributed by atoms with Crippen molar-refractivity contribution in [2.24, 2.45) is 5.92 Å². The Bertz CT molecular complexity index is 812. The van der Waals surface area contributed by atoms with Gasteiger partial charge in [-0.05, 0) is 36.8 Å². The van der Waals surface area contributed by atoms with Crippen molar-refractivity contribution in [2.75, 3.05) is 0 Å². The predicted octanol–water partition coefficient (Wildman–Crippen LogP) is 3.93. The lowest BCUT2D eigenvalue weighted by Gasteiger charge is -2.23. The maximum absolute atomic E-state index is 11.1. The van der Waals surface area contributed by atoms with E-state index in [0.29, 0.717) is 37.9 Å². The van der Waals surface area contributed by atoms with Crippen molar-refractivity contribution < 1.29 is 15.0 Å². The maximum Gasteiger partial charge on any atom is 0.306 e. The van der Waals surface area contributed by atoms with E-state index in [2.05, 4.69) is 21.7 Å². The number of aromatic nitrogens is 2. The quantitative estimate of drug-likeness (QED) is 0.839. The normalized spacial score (nSPS) is 22.1. The monoisotopic (exact) mass is 324 g/mol. The molecule has 1 atom stereocenters. The van der Waals surface area contributed by atoms with E-state index in [1.807, 2.05) is 24.7 Å². The van der Waals surface area contributed by atoms with Crippen LogP contribution in [0.2, 0.25) is 0 Å². The third-order valence-electron chi connectivity index (χ3n) is 5.33. The van der Waals surface area contributed by atoms with Crippen LogP contribution in [-0.4, -0.2) is 25.7 Å². The van der Waals surface area contributed by atoms with E-state index in [-0.39, 0.29) is 12.0 Å². The number of rotatable bonds is 3. The molecule has 2 aromatic rings. The number of nitrogens with zero attached hydrogens (tertiary/aromatic N) is 2. The van der Waals surface area contributed by atoms with Crippen LogP contribution in [0.25, 0.3) is 11.3 Å². The van der Waals surface area contributed by atoms with Crippen molar-refractivity contribution in [1.82, 2.24) is 9.55 Å². The minimum atomic E-state index is -0.721. The number of carbonyl (C=O) groups is 1. The molecule has 4 rings (SSSR count). The first-order chi connectivity index (χ1) is 11.6. The number of carboxylic acid groups (broad SMARTS) is 1.